The van der Waals surface area contributed by atoms with Crippen LogP contribution in [0.1, 0.15) is 31.4 Å². The average Bonchev–Trinajstić information content (AvgIpc) is 3.03. The molecule has 2 aromatic rings. The van der Waals surface area contributed by atoms with Crippen molar-refractivity contribution < 1.29 is 0 Å². The molecule has 0 saturated carbocycles. The predicted octanol–water partition coefficient (Wildman–Crippen LogP) is 2.81. The summed E-state index contributed by atoms with van der Waals surface area (Å²) in [6, 6.07) is 9.58. The van der Waals surface area contributed by atoms with Crippen molar-refractivity contribution in [2.24, 2.45) is 0 Å². The van der Waals surface area contributed by atoms with E-state index < -0.39 is 0 Å². The summed E-state index contributed by atoms with van der Waals surface area (Å²) in [7, 11) is 0. The van der Waals surface area contributed by atoms with Gasteiger partial charge < -0.3 is 5.32 Å². The Labute approximate surface area is 124 Å². The fraction of sp³-hybridized carbons (Fsp3) is 0.467. The summed E-state index contributed by atoms with van der Waals surface area (Å²) in [6.07, 6.45) is 6.18. The molecule has 1 N–H and O–H groups in total. The topological polar surface area (TPSA) is 42.7 Å². The van der Waals surface area contributed by atoms with E-state index in [1.807, 2.05) is 6.20 Å². The largest absolute Gasteiger partial charge is 0.307 e. The summed E-state index contributed by atoms with van der Waals surface area (Å²) in [5.41, 5.74) is 2.37. The zero-order valence-electron chi connectivity index (χ0n) is 11.7. The first-order chi connectivity index (χ1) is 9.83. The molecular formula is C15H20N4S. The number of nitrogens with one attached hydrogen (secondary N) is 1. The minimum Gasteiger partial charge on any atom is -0.307 e. The maximum atomic E-state index is 4.00. The molecule has 4 nitrogen and oxygen atoms in total. The Hall–Kier alpha value is -1.33. The van der Waals surface area contributed by atoms with Gasteiger partial charge >= 0.3 is 0 Å². The fourth-order valence-corrected chi connectivity index (χ4v) is 3.67. The normalized spacial score (nSPS) is 20.8. The van der Waals surface area contributed by atoms with Crippen molar-refractivity contribution in [1.29, 1.82) is 0 Å². The van der Waals surface area contributed by atoms with Crippen LogP contribution in [0.2, 0.25) is 0 Å². The van der Waals surface area contributed by atoms with Gasteiger partial charge in [-0.25, -0.2) is 4.68 Å². The average molecular weight is 288 g/mol. The zero-order valence-corrected chi connectivity index (χ0v) is 12.5. The number of thioether (sulfide) groups is 1. The predicted molar refractivity (Wildman–Crippen MR) is 83.3 cm³/mol. The van der Waals surface area contributed by atoms with E-state index in [-0.39, 0.29) is 0 Å². The van der Waals surface area contributed by atoms with E-state index in [0.29, 0.717) is 12.1 Å². The first kappa shape index (κ1) is 13.6. The number of nitrogens with zero attached hydrogens (tertiary/aromatic N) is 3. The summed E-state index contributed by atoms with van der Waals surface area (Å²) in [4.78, 5) is 0. The van der Waals surface area contributed by atoms with Crippen LogP contribution in [0, 0.1) is 0 Å². The Balaban J connectivity index is 1.64. The molecule has 2 atom stereocenters. The van der Waals surface area contributed by atoms with Crippen LogP contribution < -0.4 is 5.32 Å². The van der Waals surface area contributed by atoms with Gasteiger partial charge in [-0.15, -0.1) is 5.10 Å². The van der Waals surface area contributed by atoms with E-state index >= 15 is 0 Å². The standard InChI is InChI=1S/C15H20N4S/c1-12(17-14-3-2-10-20-11-14)13-4-6-15(7-5-13)19-9-8-16-18-19/h4-9,12,14,17H,2-3,10-11H2,1H3/t12-,14-/m1/s1. The third-order valence-electron chi connectivity index (χ3n) is 3.73. The van der Waals surface area contributed by atoms with Crippen LogP contribution in [-0.2, 0) is 0 Å². The summed E-state index contributed by atoms with van der Waals surface area (Å²) < 4.78 is 1.78. The van der Waals surface area contributed by atoms with E-state index in [2.05, 4.69) is 58.6 Å². The summed E-state index contributed by atoms with van der Waals surface area (Å²) in [6.45, 7) is 2.24. The monoisotopic (exact) mass is 288 g/mol. The van der Waals surface area contributed by atoms with Crippen molar-refractivity contribution in [1.82, 2.24) is 20.3 Å². The van der Waals surface area contributed by atoms with Gasteiger partial charge in [-0.2, -0.15) is 11.8 Å². The minimum absolute atomic E-state index is 0.392. The lowest BCUT2D eigenvalue weighted by Crippen LogP contribution is -2.35. The molecule has 3 rings (SSSR count). The minimum atomic E-state index is 0.392. The summed E-state index contributed by atoms with van der Waals surface area (Å²) >= 11 is 2.06. The van der Waals surface area contributed by atoms with Crippen LogP contribution in [0.15, 0.2) is 36.7 Å². The Morgan fingerprint density at radius 1 is 1.35 bits per heavy atom. The van der Waals surface area contributed by atoms with Crippen LogP contribution in [0.4, 0.5) is 0 Å². The Morgan fingerprint density at radius 2 is 2.20 bits per heavy atom. The molecule has 1 aliphatic rings. The summed E-state index contributed by atoms with van der Waals surface area (Å²) in [5.74, 6) is 2.56. The van der Waals surface area contributed by atoms with Crippen molar-refractivity contribution in [3.05, 3.63) is 42.2 Å². The fourth-order valence-electron chi connectivity index (χ4n) is 2.58. The molecule has 0 bridgehead atoms. The lowest BCUT2D eigenvalue weighted by molar-refractivity contribution is 0.452. The molecule has 5 heteroatoms. The highest BCUT2D eigenvalue weighted by Gasteiger charge is 2.16. The third kappa shape index (κ3) is 3.22. The van der Waals surface area contributed by atoms with Crippen LogP contribution in [0.25, 0.3) is 5.69 Å². The highest BCUT2D eigenvalue weighted by molar-refractivity contribution is 7.99. The molecule has 1 saturated heterocycles. The molecule has 0 radical (unpaired) electrons. The van der Waals surface area contributed by atoms with Crippen molar-refractivity contribution in [3.63, 3.8) is 0 Å². The second kappa shape index (κ2) is 6.41. The number of rotatable bonds is 4. The SMILES string of the molecule is C[C@@H](N[C@@H]1CCCSC1)c1ccc(-n2ccnn2)cc1. The maximum absolute atomic E-state index is 4.00. The molecule has 106 valence electrons. The lowest BCUT2D eigenvalue weighted by Gasteiger charge is -2.26. The second-order valence-electron chi connectivity index (χ2n) is 5.24. The highest BCUT2D eigenvalue weighted by atomic mass is 32.2. The van der Waals surface area contributed by atoms with Crippen LogP contribution >= 0.6 is 11.8 Å². The highest BCUT2D eigenvalue weighted by Crippen LogP contribution is 2.21. The zero-order chi connectivity index (χ0) is 13.8. The Kier molecular flexibility index (Phi) is 4.38. The van der Waals surface area contributed by atoms with E-state index in [0.717, 1.165) is 5.69 Å². The molecule has 0 amide bonds. The lowest BCUT2D eigenvalue weighted by atomic mass is 10.1. The van der Waals surface area contributed by atoms with E-state index in [9.17, 15) is 0 Å². The molecule has 0 unspecified atom stereocenters. The first-order valence-corrected chi connectivity index (χ1v) is 8.29. The van der Waals surface area contributed by atoms with Crippen LogP contribution in [0.5, 0.6) is 0 Å². The van der Waals surface area contributed by atoms with Gasteiger partial charge in [0.2, 0.25) is 0 Å². The molecule has 0 aliphatic carbocycles. The second-order valence-corrected chi connectivity index (χ2v) is 6.39. The summed E-state index contributed by atoms with van der Waals surface area (Å²) in [5, 5.41) is 11.6. The molecular weight excluding hydrogens is 268 g/mol. The quantitative estimate of drug-likeness (QED) is 0.939. The molecule has 1 aromatic heterocycles. The van der Waals surface area contributed by atoms with Crippen molar-refractivity contribution in [2.45, 2.75) is 31.8 Å². The van der Waals surface area contributed by atoms with Gasteiger partial charge in [0.05, 0.1) is 18.1 Å². The van der Waals surface area contributed by atoms with Gasteiger partial charge in [0.1, 0.15) is 0 Å². The molecule has 1 aliphatic heterocycles. The number of benzene rings is 1. The molecule has 1 fully saturated rings. The van der Waals surface area contributed by atoms with Gasteiger partial charge in [0.25, 0.3) is 0 Å². The maximum Gasteiger partial charge on any atom is 0.0697 e. The van der Waals surface area contributed by atoms with E-state index in [1.54, 1.807) is 10.9 Å². The molecule has 20 heavy (non-hydrogen) atoms. The van der Waals surface area contributed by atoms with Crippen molar-refractivity contribution in [2.75, 3.05) is 11.5 Å². The van der Waals surface area contributed by atoms with Gasteiger partial charge in [0, 0.05) is 17.8 Å². The van der Waals surface area contributed by atoms with Gasteiger partial charge in [-0.1, -0.05) is 17.3 Å². The van der Waals surface area contributed by atoms with Gasteiger partial charge in [0.15, 0.2) is 0 Å². The Bertz CT molecular complexity index is 517. The first-order valence-electron chi connectivity index (χ1n) is 7.13. The van der Waals surface area contributed by atoms with Crippen molar-refractivity contribution in [3.8, 4) is 5.69 Å². The van der Waals surface area contributed by atoms with Crippen molar-refractivity contribution >= 4 is 11.8 Å². The van der Waals surface area contributed by atoms with E-state index in [1.165, 1.54) is 29.9 Å². The van der Waals surface area contributed by atoms with Gasteiger partial charge in [-0.3, -0.25) is 0 Å². The van der Waals surface area contributed by atoms with Crippen LogP contribution in [-0.4, -0.2) is 32.5 Å². The number of aromatic nitrogens is 3. The van der Waals surface area contributed by atoms with E-state index in [4.69, 9.17) is 0 Å². The molecule has 1 aromatic carbocycles. The van der Waals surface area contributed by atoms with Crippen LogP contribution in [0.3, 0.4) is 0 Å². The smallest absolute Gasteiger partial charge is 0.0697 e. The van der Waals surface area contributed by atoms with Gasteiger partial charge in [-0.05, 0) is 43.2 Å². The number of hydrogen-bond acceptors (Lipinski definition) is 4. The molecule has 2 heterocycles. The Morgan fingerprint density at radius 3 is 2.85 bits per heavy atom. The molecule has 0 spiro atoms. The number of hydrogen-bond donors (Lipinski definition) is 1. The third-order valence-corrected chi connectivity index (χ3v) is 4.94.